The number of benzene rings is 1. The van der Waals surface area contributed by atoms with Gasteiger partial charge in [-0.15, -0.1) is 0 Å². The van der Waals surface area contributed by atoms with Gasteiger partial charge in [0.25, 0.3) is 0 Å². The van der Waals surface area contributed by atoms with Crippen molar-refractivity contribution < 1.29 is 9.84 Å². The summed E-state index contributed by atoms with van der Waals surface area (Å²) in [6, 6.07) is 15.2. The molecule has 2 aliphatic rings. The number of pyridine rings is 1. The van der Waals surface area contributed by atoms with Crippen molar-refractivity contribution in [2.45, 2.75) is 63.8 Å². The first-order valence-corrected chi connectivity index (χ1v) is 11.3. The number of nitrogens with one attached hydrogen (secondary N) is 1. The maximum absolute atomic E-state index is 9.57. The Morgan fingerprint density at radius 2 is 1.97 bits per heavy atom. The smallest absolute Gasteiger partial charge is 0.0891 e. The van der Waals surface area contributed by atoms with Crippen molar-refractivity contribution in [2.24, 2.45) is 0 Å². The SMILES string of the molecule is OCC1CCCN1Cc1cc2cc(-c3cccc(COC4CCCC4)n3)ccc2[nH]1. The van der Waals surface area contributed by atoms with Gasteiger partial charge in [-0.3, -0.25) is 9.88 Å². The minimum absolute atomic E-state index is 0.247. The van der Waals surface area contributed by atoms with Crippen LogP contribution in [0.15, 0.2) is 42.5 Å². The molecule has 158 valence electrons. The largest absolute Gasteiger partial charge is 0.395 e. The standard InChI is InChI=1S/C25H31N3O2/c29-16-22-6-4-12-28(22)15-21-14-19-13-18(10-11-25(19)27-21)24-9-3-5-20(26-24)17-30-23-7-1-2-8-23/h3,5,9-11,13-14,22-23,27,29H,1-2,4,6-8,12,15-17H2. The number of aliphatic hydroxyl groups excluding tert-OH is 1. The van der Waals surface area contributed by atoms with E-state index in [2.05, 4.69) is 52.3 Å². The first kappa shape index (κ1) is 19.7. The second-order valence-electron chi connectivity index (χ2n) is 8.78. The van der Waals surface area contributed by atoms with Crippen LogP contribution in [0.5, 0.6) is 0 Å². The molecule has 5 nitrogen and oxygen atoms in total. The molecule has 3 heterocycles. The third-order valence-electron chi connectivity index (χ3n) is 6.63. The van der Waals surface area contributed by atoms with Crippen LogP contribution >= 0.6 is 0 Å². The van der Waals surface area contributed by atoms with Crippen LogP contribution in [0.2, 0.25) is 0 Å². The molecule has 1 unspecified atom stereocenters. The van der Waals surface area contributed by atoms with Crippen LogP contribution < -0.4 is 0 Å². The average molecular weight is 406 g/mol. The minimum Gasteiger partial charge on any atom is -0.395 e. The van der Waals surface area contributed by atoms with E-state index >= 15 is 0 Å². The molecule has 2 N–H and O–H groups in total. The summed E-state index contributed by atoms with van der Waals surface area (Å²) < 4.78 is 6.04. The Morgan fingerprint density at radius 1 is 1.07 bits per heavy atom. The van der Waals surface area contributed by atoms with Gasteiger partial charge in [0.05, 0.1) is 30.7 Å². The van der Waals surface area contributed by atoms with Crippen LogP contribution in [0.25, 0.3) is 22.2 Å². The van der Waals surface area contributed by atoms with E-state index in [9.17, 15) is 5.11 Å². The highest BCUT2D eigenvalue weighted by molar-refractivity contribution is 5.85. The Hall–Kier alpha value is -2.21. The summed E-state index contributed by atoms with van der Waals surface area (Å²) in [4.78, 5) is 10.8. The second-order valence-corrected chi connectivity index (χ2v) is 8.78. The number of nitrogens with zero attached hydrogens (tertiary/aromatic N) is 2. The molecule has 2 aromatic heterocycles. The summed E-state index contributed by atoms with van der Waals surface area (Å²) >= 11 is 0. The predicted octanol–water partition coefficient (Wildman–Crippen LogP) is 4.65. The summed E-state index contributed by atoms with van der Waals surface area (Å²) in [5.41, 5.74) is 5.47. The fourth-order valence-corrected chi connectivity index (χ4v) is 4.95. The number of ether oxygens (including phenoxy) is 1. The number of aromatic amines is 1. The van der Waals surface area contributed by atoms with Crippen LogP contribution in [0.3, 0.4) is 0 Å². The maximum Gasteiger partial charge on any atom is 0.0891 e. The van der Waals surface area contributed by atoms with Gasteiger partial charge >= 0.3 is 0 Å². The molecule has 1 atom stereocenters. The molecule has 1 saturated carbocycles. The Bertz CT molecular complexity index is 993. The van der Waals surface area contributed by atoms with Gasteiger partial charge in [0, 0.05) is 34.7 Å². The lowest BCUT2D eigenvalue weighted by atomic mass is 10.1. The third-order valence-corrected chi connectivity index (χ3v) is 6.63. The fraction of sp³-hybridized carbons (Fsp3) is 0.480. The van der Waals surface area contributed by atoms with Crippen molar-refractivity contribution in [1.82, 2.24) is 14.9 Å². The van der Waals surface area contributed by atoms with Gasteiger partial charge in [-0.2, -0.15) is 0 Å². The van der Waals surface area contributed by atoms with E-state index in [0.717, 1.165) is 42.0 Å². The van der Waals surface area contributed by atoms with Crippen LogP contribution in [0, 0.1) is 0 Å². The number of fused-ring (bicyclic) bond motifs is 1. The topological polar surface area (TPSA) is 61.4 Å². The predicted molar refractivity (Wildman–Crippen MR) is 119 cm³/mol. The van der Waals surface area contributed by atoms with E-state index in [1.807, 2.05) is 0 Å². The van der Waals surface area contributed by atoms with Crippen molar-refractivity contribution in [3.8, 4) is 11.3 Å². The molecule has 0 bridgehead atoms. The molecule has 30 heavy (non-hydrogen) atoms. The minimum atomic E-state index is 0.247. The number of rotatable bonds is 7. The first-order valence-electron chi connectivity index (χ1n) is 11.3. The van der Waals surface area contributed by atoms with Gasteiger partial charge in [0.15, 0.2) is 0 Å². The van der Waals surface area contributed by atoms with Gasteiger partial charge in [0.2, 0.25) is 0 Å². The zero-order valence-electron chi connectivity index (χ0n) is 17.5. The molecule has 5 heteroatoms. The van der Waals surface area contributed by atoms with Crippen LogP contribution in [-0.4, -0.2) is 45.3 Å². The third kappa shape index (κ3) is 4.29. The van der Waals surface area contributed by atoms with E-state index in [1.165, 1.54) is 43.2 Å². The van der Waals surface area contributed by atoms with E-state index < -0.39 is 0 Å². The molecule has 0 radical (unpaired) electrons. The lowest BCUT2D eigenvalue weighted by molar-refractivity contribution is 0.0438. The highest BCUT2D eigenvalue weighted by Crippen LogP contribution is 2.27. The zero-order valence-corrected chi connectivity index (χ0v) is 17.5. The quantitative estimate of drug-likeness (QED) is 0.601. The molecule has 5 rings (SSSR count). The van der Waals surface area contributed by atoms with Crippen LogP contribution in [-0.2, 0) is 17.9 Å². The number of H-pyrrole nitrogens is 1. The molecule has 1 aliphatic heterocycles. The molecule has 0 amide bonds. The van der Waals surface area contributed by atoms with Gasteiger partial charge in [0.1, 0.15) is 0 Å². The van der Waals surface area contributed by atoms with Crippen molar-refractivity contribution in [3.63, 3.8) is 0 Å². The number of hydrogen-bond acceptors (Lipinski definition) is 4. The second kappa shape index (κ2) is 8.88. The Balaban J connectivity index is 1.31. The van der Waals surface area contributed by atoms with E-state index in [1.54, 1.807) is 0 Å². The molecule has 1 aromatic carbocycles. The molecular formula is C25H31N3O2. The van der Waals surface area contributed by atoms with E-state index in [-0.39, 0.29) is 6.61 Å². The number of aliphatic hydroxyl groups is 1. The number of likely N-dealkylation sites (tertiary alicyclic amines) is 1. The highest BCUT2D eigenvalue weighted by Gasteiger charge is 2.24. The van der Waals surface area contributed by atoms with Crippen molar-refractivity contribution in [3.05, 3.63) is 53.9 Å². The summed E-state index contributed by atoms with van der Waals surface area (Å²) in [7, 11) is 0. The van der Waals surface area contributed by atoms with E-state index in [0.29, 0.717) is 18.8 Å². The molecule has 1 aliphatic carbocycles. The fourth-order valence-electron chi connectivity index (χ4n) is 4.95. The Kier molecular flexibility index (Phi) is 5.84. The normalized spacial score (nSPS) is 20.5. The lowest BCUT2D eigenvalue weighted by Gasteiger charge is -2.21. The van der Waals surface area contributed by atoms with Crippen LogP contribution in [0.4, 0.5) is 0 Å². The lowest BCUT2D eigenvalue weighted by Crippen LogP contribution is -2.31. The molecule has 1 saturated heterocycles. The maximum atomic E-state index is 9.57. The Morgan fingerprint density at radius 3 is 2.83 bits per heavy atom. The Labute approximate surface area is 178 Å². The van der Waals surface area contributed by atoms with Gasteiger partial charge in [-0.1, -0.05) is 25.0 Å². The van der Waals surface area contributed by atoms with Gasteiger partial charge in [-0.25, -0.2) is 0 Å². The average Bonchev–Trinajstić information content (AvgIpc) is 3.52. The van der Waals surface area contributed by atoms with Gasteiger partial charge in [-0.05, 0) is 62.6 Å². The first-order chi connectivity index (χ1) is 14.8. The van der Waals surface area contributed by atoms with Gasteiger partial charge < -0.3 is 14.8 Å². The summed E-state index contributed by atoms with van der Waals surface area (Å²) in [6.45, 7) is 2.76. The number of aromatic nitrogens is 2. The van der Waals surface area contributed by atoms with Crippen LogP contribution in [0.1, 0.15) is 49.9 Å². The number of hydrogen-bond donors (Lipinski definition) is 2. The molecular weight excluding hydrogens is 374 g/mol. The monoisotopic (exact) mass is 405 g/mol. The highest BCUT2D eigenvalue weighted by atomic mass is 16.5. The molecule has 2 fully saturated rings. The van der Waals surface area contributed by atoms with Crippen molar-refractivity contribution >= 4 is 10.9 Å². The summed E-state index contributed by atoms with van der Waals surface area (Å²) in [5.74, 6) is 0. The zero-order chi connectivity index (χ0) is 20.3. The van der Waals surface area contributed by atoms with Crippen molar-refractivity contribution in [2.75, 3.05) is 13.2 Å². The summed E-state index contributed by atoms with van der Waals surface area (Å²) in [5, 5.41) is 10.8. The van der Waals surface area contributed by atoms with E-state index in [4.69, 9.17) is 9.72 Å². The molecule has 0 spiro atoms. The summed E-state index contributed by atoms with van der Waals surface area (Å²) in [6.07, 6.45) is 7.61. The van der Waals surface area contributed by atoms with Crippen molar-refractivity contribution in [1.29, 1.82) is 0 Å². The molecule has 3 aromatic rings.